The van der Waals surface area contributed by atoms with E-state index in [4.69, 9.17) is 5.73 Å². The first kappa shape index (κ1) is 15.3. The van der Waals surface area contributed by atoms with Crippen LogP contribution < -0.4 is 5.73 Å². The van der Waals surface area contributed by atoms with Crippen LogP contribution in [-0.2, 0) is 9.84 Å². The Balaban J connectivity index is 2.59. The number of sulfone groups is 1. The summed E-state index contributed by atoms with van der Waals surface area (Å²) in [4.78, 5) is 15.7. The van der Waals surface area contributed by atoms with Crippen molar-refractivity contribution < 1.29 is 13.2 Å². The van der Waals surface area contributed by atoms with Crippen LogP contribution in [0.3, 0.4) is 0 Å². The third-order valence-corrected chi connectivity index (χ3v) is 4.75. The van der Waals surface area contributed by atoms with Crippen molar-refractivity contribution in [3.05, 3.63) is 46.3 Å². The number of hydrogen-bond acceptors (Lipinski definition) is 4. The fraction of sp³-hybridized carbons (Fsp3) is 0.267. The largest absolute Gasteiger partial charge is 0.399 e. The molecule has 1 aromatic carbocycles. The van der Waals surface area contributed by atoms with Crippen molar-refractivity contribution in [3.63, 3.8) is 0 Å². The molecule has 0 bridgehead atoms. The van der Waals surface area contributed by atoms with Gasteiger partial charge < -0.3 is 10.7 Å². The number of aryl methyl sites for hydroxylation is 1. The van der Waals surface area contributed by atoms with Crippen molar-refractivity contribution in [1.29, 1.82) is 0 Å². The minimum absolute atomic E-state index is 0.0449. The van der Waals surface area contributed by atoms with E-state index in [1.165, 1.54) is 18.2 Å². The molecule has 0 aliphatic carbocycles. The van der Waals surface area contributed by atoms with E-state index in [1.54, 1.807) is 0 Å². The predicted octanol–water partition coefficient (Wildman–Crippen LogP) is 2.16. The first-order valence-electron chi connectivity index (χ1n) is 6.42. The fourth-order valence-electron chi connectivity index (χ4n) is 2.18. The monoisotopic (exact) mass is 306 g/mol. The number of H-pyrrole nitrogens is 1. The smallest absolute Gasteiger partial charge is 0.209 e. The van der Waals surface area contributed by atoms with Crippen molar-refractivity contribution in [3.8, 4) is 0 Å². The van der Waals surface area contributed by atoms with Crippen molar-refractivity contribution in [2.45, 2.75) is 25.7 Å². The second-order valence-electron chi connectivity index (χ2n) is 5.27. The molecule has 0 saturated carbocycles. The maximum absolute atomic E-state index is 12.6. The average molecular weight is 306 g/mol. The number of rotatable bonds is 3. The number of aromatic amines is 1. The molecule has 21 heavy (non-hydrogen) atoms. The molecule has 6 heteroatoms. The third-order valence-electron chi connectivity index (χ3n) is 3.66. The number of carbonyl (C=O) groups excluding carboxylic acids is 1. The van der Waals surface area contributed by atoms with E-state index in [1.807, 2.05) is 20.8 Å². The molecular weight excluding hydrogens is 288 g/mol. The number of nitrogen functional groups attached to an aromatic ring is 1. The predicted molar refractivity (Wildman–Crippen MR) is 82.4 cm³/mol. The van der Waals surface area contributed by atoms with Crippen LogP contribution in [-0.4, -0.2) is 25.4 Å². The molecule has 0 unspecified atom stereocenters. The number of aromatic nitrogens is 1. The van der Waals surface area contributed by atoms with Crippen LogP contribution in [0.15, 0.2) is 23.1 Å². The number of nitrogens with one attached hydrogen (secondary N) is 1. The lowest BCUT2D eigenvalue weighted by molar-refractivity contribution is 0.103. The minimum Gasteiger partial charge on any atom is -0.399 e. The summed E-state index contributed by atoms with van der Waals surface area (Å²) in [6.45, 7) is 5.68. The van der Waals surface area contributed by atoms with E-state index >= 15 is 0 Å². The molecule has 2 rings (SSSR count). The van der Waals surface area contributed by atoms with Gasteiger partial charge in [-0.15, -0.1) is 0 Å². The number of ketones is 1. The molecule has 0 aliphatic heterocycles. The van der Waals surface area contributed by atoms with Gasteiger partial charge in [-0.05, 0) is 50.1 Å². The highest BCUT2D eigenvalue weighted by Gasteiger charge is 2.19. The van der Waals surface area contributed by atoms with Gasteiger partial charge in [0.2, 0.25) is 5.78 Å². The molecule has 112 valence electrons. The Bertz CT molecular complexity index is 833. The summed E-state index contributed by atoms with van der Waals surface area (Å²) < 4.78 is 23.3. The minimum atomic E-state index is -3.42. The molecule has 0 aliphatic rings. The van der Waals surface area contributed by atoms with Gasteiger partial charge in [0.25, 0.3) is 0 Å². The van der Waals surface area contributed by atoms with Gasteiger partial charge in [0, 0.05) is 23.2 Å². The topological polar surface area (TPSA) is 93.0 Å². The zero-order valence-electron chi connectivity index (χ0n) is 12.4. The zero-order valence-corrected chi connectivity index (χ0v) is 13.3. The summed E-state index contributed by atoms with van der Waals surface area (Å²) >= 11 is 0. The fourth-order valence-corrected chi connectivity index (χ4v) is 2.87. The second kappa shape index (κ2) is 5.04. The lowest BCUT2D eigenvalue weighted by Gasteiger charge is -2.06. The maximum atomic E-state index is 12.6. The number of carbonyl (C=O) groups is 1. The van der Waals surface area contributed by atoms with E-state index in [0.29, 0.717) is 5.69 Å². The van der Waals surface area contributed by atoms with Crippen molar-refractivity contribution in [2.24, 2.45) is 0 Å². The van der Waals surface area contributed by atoms with E-state index in [0.717, 1.165) is 23.1 Å². The molecule has 0 amide bonds. The standard InChI is InChI=1S/C15H18N2O3S/c1-8-9(2)14(17-10(8)3)15(18)11-5-12(16)7-13(6-11)21(4,19)20/h5-7,17H,16H2,1-4H3. The van der Waals surface area contributed by atoms with Crippen LogP contribution in [0.25, 0.3) is 0 Å². The number of nitrogens with two attached hydrogens (primary N) is 1. The van der Waals surface area contributed by atoms with Gasteiger partial charge in [0.05, 0.1) is 10.6 Å². The average Bonchev–Trinajstić information content (AvgIpc) is 2.64. The first-order chi connectivity index (χ1) is 9.61. The van der Waals surface area contributed by atoms with Crippen LogP contribution >= 0.6 is 0 Å². The summed E-state index contributed by atoms with van der Waals surface area (Å²) in [6, 6.07) is 4.20. The normalized spacial score (nSPS) is 11.6. The molecule has 2 aromatic rings. The Morgan fingerprint density at radius 1 is 1.10 bits per heavy atom. The summed E-state index contributed by atoms with van der Waals surface area (Å²) in [5.74, 6) is -0.263. The summed E-state index contributed by atoms with van der Waals surface area (Å²) in [5, 5.41) is 0. The molecule has 5 nitrogen and oxygen atoms in total. The number of anilines is 1. The molecule has 1 aromatic heterocycles. The SMILES string of the molecule is Cc1[nH]c(C(=O)c2cc(N)cc(S(C)(=O)=O)c2)c(C)c1C. The number of hydrogen-bond donors (Lipinski definition) is 2. The van der Waals surface area contributed by atoms with Crippen molar-refractivity contribution >= 4 is 21.3 Å². The van der Waals surface area contributed by atoms with Crippen LogP contribution in [0.5, 0.6) is 0 Å². The van der Waals surface area contributed by atoms with E-state index in [-0.39, 0.29) is 21.9 Å². The Kier molecular flexibility index (Phi) is 3.67. The first-order valence-corrected chi connectivity index (χ1v) is 8.31. The maximum Gasteiger partial charge on any atom is 0.209 e. The molecule has 0 saturated heterocycles. The van der Waals surface area contributed by atoms with Gasteiger partial charge >= 0.3 is 0 Å². The Hall–Kier alpha value is -2.08. The van der Waals surface area contributed by atoms with Crippen LogP contribution in [0.2, 0.25) is 0 Å². The highest BCUT2D eigenvalue weighted by atomic mass is 32.2. The van der Waals surface area contributed by atoms with Crippen molar-refractivity contribution in [2.75, 3.05) is 12.0 Å². The van der Waals surface area contributed by atoms with Crippen LogP contribution in [0.4, 0.5) is 5.69 Å². The number of benzene rings is 1. The zero-order chi connectivity index (χ0) is 15.9. The van der Waals surface area contributed by atoms with Crippen LogP contribution in [0, 0.1) is 20.8 Å². The van der Waals surface area contributed by atoms with Gasteiger partial charge in [0.1, 0.15) is 0 Å². The van der Waals surface area contributed by atoms with E-state index in [2.05, 4.69) is 4.98 Å². The summed E-state index contributed by atoms with van der Waals surface area (Å²) in [7, 11) is -3.42. The summed E-state index contributed by atoms with van der Waals surface area (Å²) in [5.41, 5.74) is 9.50. The lowest BCUT2D eigenvalue weighted by atomic mass is 10.0. The van der Waals surface area contributed by atoms with Crippen molar-refractivity contribution in [1.82, 2.24) is 4.98 Å². The summed E-state index contributed by atoms with van der Waals surface area (Å²) in [6.07, 6.45) is 1.09. The molecule has 0 atom stereocenters. The molecule has 3 N–H and O–H groups in total. The van der Waals surface area contributed by atoms with Gasteiger partial charge in [0.15, 0.2) is 9.84 Å². The molecular formula is C15H18N2O3S. The Morgan fingerprint density at radius 3 is 2.19 bits per heavy atom. The molecule has 0 fully saturated rings. The highest BCUT2D eigenvalue weighted by Crippen LogP contribution is 2.23. The highest BCUT2D eigenvalue weighted by molar-refractivity contribution is 7.90. The molecule has 0 radical (unpaired) electrons. The Labute approximate surface area is 124 Å². The Morgan fingerprint density at radius 2 is 1.71 bits per heavy atom. The quantitative estimate of drug-likeness (QED) is 0.671. The van der Waals surface area contributed by atoms with Gasteiger partial charge in [-0.2, -0.15) is 0 Å². The van der Waals surface area contributed by atoms with Gasteiger partial charge in [-0.1, -0.05) is 0 Å². The molecule has 0 spiro atoms. The lowest BCUT2D eigenvalue weighted by Crippen LogP contribution is -2.07. The molecule has 1 heterocycles. The third kappa shape index (κ3) is 2.85. The van der Waals surface area contributed by atoms with E-state index in [9.17, 15) is 13.2 Å². The van der Waals surface area contributed by atoms with Gasteiger partial charge in [-0.25, -0.2) is 8.42 Å². The van der Waals surface area contributed by atoms with E-state index < -0.39 is 9.84 Å². The second-order valence-corrected chi connectivity index (χ2v) is 7.28. The van der Waals surface area contributed by atoms with Crippen LogP contribution in [0.1, 0.15) is 32.9 Å². The van der Waals surface area contributed by atoms with Gasteiger partial charge in [-0.3, -0.25) is 4.79 Å².